The Labute approximate surface area is 93.8 Å². The predicted molar refractivity (Wildman–Crippen MR) is 53.8 cm³/mol. The highest BCUT2D eigenvalue weighted by Crippen LogP contribution is 2.05. The van der Waals surface area contributed by atoms with Crippen LogP contribution in [0.25, 0.3) is 0 Å². The highest BCUT2D eigenvalue weighted by Gasteiger charge is 2.22. The zero-order chi connectivity index (χ0) is 12.1. The van der Waals surface area contributed by atoms with Crippen LogP contribution in [0.3, 0.4) is 0 Å². The summed E-state index contributed by atoms with van der Waals surface area (Å²) < 4.78 is 0. The van der Waals surface area contributed by atoms with Gasteiger partial charge in [0.15, 0.2) is 0 Å². The molecule has 1 aliphatic heterocycles. The summed E-state index contributed by atoms with van der Waals surface area (Å²) in [6.45, 7) is 3.49. The maximum atomic E-state index is 11.5. The molecule has 0 aromatic heterocycles. The minimum absolute atomic E-state index is 0.00170. The Balaban J connectivity index is 2.33. The van der Waals surface area contributed by atoms with Crippen LogP contribution in [0.1, 0.15) is 19.8 Å². The van der Waals surface area contributed by atoms with Crippen LogP contribution in [0.5, 0.6) is 0 Å². The topological polar surface area (TPSA) is 77.6 Å². The lowest BCUT2D eigenvalue weighted by atomic mass is 10.2. The van der Waals surface area contributed by atoms with Gasteiger partial charge in [-0.1, -0.05) is 0 Å². The lowest BCUT2D eigenvalue weighted by molar-refractivity contribution is -0.146. The molecule has 2 amide bonds. The van der Waals surface area contributed by atoms with Gasteiger partial charge in [0.05, 0.1) is 6.42 Å². The summed E-state index contributed by atoms with van der Waals surface area (Å²) in [4.78, 5) is 36.0. The molecule has 1 heterocycles. The third-order valence-electron chi connectivity index (χ3n) is 2.62. The molecule has 1 saturated heterocycles. The van der Waals surface area contributed by atoms with Crippen molar-refractivity contribution in [1.82, 2.24) is 9.80 Å². The first-order valence-electron chi connectivity index (χ1n) is 5.24. The minimum atomic E-state index is -1.21. The third-order valence-corrected chi connectivity index (χ3v) is 2.62. The molecule has 0 aliphatic carbocycles. The van der Waals surface area contributed by atoms with E-state index >= 15 is 0 Å². The van der Waals surface area contributed by atoms with Gasteiger partial charge >= 0.3 is 5.97 Å². The van der Waals surface area contributed by atoms with E-state index in [-0.39, 0.29) is 24.7 Å². The summed E-state index contributed by atoms with van der Waals surface area (Å²) in [6.07, 6.45) is -0.270. The average Bonchev–Trinajstić information content (AvgIpc) is 2.26. The second kappa shape index (κ2) is 5.48. The van der Waals surface area contributed by atoms with Crippen LogP contribution in [0.15, 0.2) is 0 Å². The quantitative estimate of drug-likeness (QED) is 0.646. The highest BCUT2D eigenvalue weighted by atomic mass is 16.4. The van der Waals surface area contributed by atoms with Gasteiger partial charge in [-0.3, -0.25) is 9.59 Å². The minimum Gasteiger partial charge on any atom is -0.339 e. The SMILES string of the molecule is CC(=O)N1CCN(C(=O)CCC([O])=O)CC1. The van der Waals surface area contributed by atoms with Crippen LogP contribution in [0.2, 0.25) is 0 Å². The van der Waals surface area contributed by atoms with Gasteiger partial charge < -0.3 is 9.80 Å². The predicted octanol–water partition coefficient (Wildman–Crippen LogP) is -0.586. The Morgan fingerprint density at radius 1 is 0.938 bits per heavy atom. The second-order valence-electron chi connectivity index (χ2n) is 3.76. The Kier molecular flexibility index (Phi) is 4.28. The van der Waals surface area contributed by atoms with Crippen molar-refractivity contribution in [2.45, 2.75) is 19.8 Å². The monoisotopic (exact) mass is 227 g/mol. The molecule has 1 rings (SSSR count). The van der Waals surface area contributed by atoms with E-state index in [9.17, 15) is 19.5 Å². The van der Waals surface area contributed by atoms with Crippen molar-refractivity contribution in [1.29, 1.82) is 0 Å². The van der Waals surface area contributed by atoms with E-state index < -0.39 is 5.97 Å². The van der Waals surface area contributed by atoms with Crippen molar-refractivity contribution in [3.05, 3.63) is 0 Å². The van der Waals surface area contributed by atoms with Gasteiger partial charge in [-0.2, -0.15) is 0 Å². The molecule has 0 unspecified atom stereocenters. The largest absolute Gasteiger partial charge is 0.356 e. The Hall–Kier alpha value is -1.59. The number of amides is 2. The van der Waals surface area contributed by atoms with E-state index in [2.05, 4.69) is 0 Å². The number of nitrogens with zero attached hydrogens (tertiary/aromatic N) is 2. The fourth-order valence-electron chi connectivity index (χ4n) is 1.64. The number of piperazine rings is 1. The highest BCUT2D eigenvalue weighted by molar-refractivity contribution is 5.81. The van der Waals surface area contributed by atoms with Crippen LogP contribution < -0.4 is 0 Å². The van der Waals surface area contributed by atoms with Crippen molar-refractivity contribution in [3.8, 4) is 0 Å². The van der Waals surface area contributed by atoms with E-state index in [1.54, 1.807) is 9.80 Å². The van der Waals surface area contributed by atoms with E-state index in [0.29, 0.717) is 26.2 Å². The summed E-state index contributed by atoms with van der Waals surface area (Å²) in [5, 5.41) is 10.2. The van der Waals surface area contributed by atoms with E-state index in [1.165, 1.54) is 6.92 Å². The molecule has 1 radical (unpaired) electrons. The molecular formula is C10H15N2O4. The number of hydrogen-bond acceptors (Lipinski definition) is 3. The van der Waals surface area contributed by atoms with Gasteiger partial charge in [0, 0.05) is 39.5 Å². The van der Waals surface area contributed by atoms with Crippen LogP contribution in [0, 0.1) is 0 Å². The van der Waals surface area contributed by atoms with Crippen molar-refractivity contribution in [2.24, 2.45) is 0 Å². The maximum absolute atomic E-state index is 11.5. The van der Waals surface area contributed by atoms with Crippen LogP contribution in [-0.4, -0.2) is 53.8 Å². The summed E-state index contributed by atoms with van der Waals surface area (Å²) in [5.41, 5.74) is 0. The fraction of sp³-hybridized carbons (Fsp3) is 0.700. The summed E-state index contributed by atoms with van der Waals surface area (Å²) >= 11 is 0. The standard InChI is InChI=1S/C10H15N2O4/c1-8(13)11-4-6-12(7-5-11)9(14)2-3-10(15)16/h2-7H2,1H3. The van der Waals surface area contributed by atoms with Gasteiger partial charge in [-0.05, 0) is 0 Å². The molecule has 0 saturated carbocycles. The molecule has 6 heteroatoms. The molecule has 0 bridgehead atoms. The van der Waals surface area contributed by atoms with Gasteiger partial charge in [-0.15, -0.1) is 0 Å². The van der Waals surface area contributed by atoms with E-state index in [4.69, 9.17) is 0 Å². The summed E-state index contributed by atoms with van der Waals surface area (Å²) in [5.74, 6) is -1.40. The second-order valence-corrected chi connectivity index (χ2v) is 3.76. The van der Waals surface area contributed by atoms with Crippen LogP contribution in [-0.2, 0) is 19.5 Å². The first-order chi connectivity index (χ1) is 7.50. The molecule has 0 N–H and O–H groups in total. The molecule has 1 fully saturated rings. The van der Waals surface area contributed by atoms with E-state index in [1.807, 2.05) is 0 Å². The fourth-order valence-corrected chi connectivity index (χ4v) is 1.64. The Morgan fingerprint density at radius 3 is 1.88 bits per heavy atom. The average molecular weight is 227 g/mol. The third kappa shape index (κ3) is 3.52. The van der Waals surface area contributed by atoms with Crippen molar-refractivity contribution in [2.75, 3.05) is 26.2 Å². The number of hydrogen-bond donors (Lipinski definition) is 0. The molecule has 0 atom stereocenters. The molecule has 0 aromatic carbocycles. The van der Waals surface area contributed by atoms with Crippen molar-refractivity contribution in [3.63, 3.8) is 0 Å². The van der Waals surface area contributed by atoms with Gasteiger partial charge in [-0.25, -0.2) is 9.90 Å². The van der Waals surface area contributed by atoms with Gasteiger partial charge in [0.2, 0.25) is 11.8 Å². The molecule has 16 heavy (non-hydrogen) atoms. The summed E-state index contributed by atoms with van der Waals surface area (Å²) in [7, 11) is 0. The van der Waals surface area contributed by atoms with Crippen molar-refractivity contribution < 1.29 is 19.5 Å². The molecule has 1 aliphatic rings. The first-order valence-corrected chi connectivity index (χ1v) is 5.24. The van der Waals surface area contributed by atoms with Crippen molar-refractivity contribution >= 4 is 17.8 Å². The first kappa shape index (κ1) is 12.5. The number of carbonyl (C=O) groups excluding carboxylic acids is 3. The summed E-state index contributed by atoms with van der Waals surface area (Å²) in [6, 6.07) is 0. The number of rotatable bonds is 3. The molecule has 0 spiro atoms. The molecular weight excluding hydrogens is 212 g/mol. The lowest BCUT2D eigenvalue weighted by Gasteiger charge is -2.34. The van der Waals surface area contributed by atoms with Crippen LogP contribution in [0.4, 0.5) is 0 Å². The van der Waals surface area contributed by atoms with Crippen LogP contribution >= 0.6 is 0 Å². The molecule has 89 valence electrons. The lowest BCUT2D eigenvalue weighted by Crippen LogP contribution is -2.50. The Morgan fingerprint density at radius 2 is 1.44 bits per heavy atom. The smallest absolute Gasteiger partial charge is 0.339 e. The van der Waals surface area contributed by atoms with Gasteiger partial charge in [0.25, 0.3) is 0 Å². The zero-order valence-electron chi connectivity index (χ0n) is 9.27. The van der Waals surface area contributed by atoms with E-state index in [0.717, 1.165) is 0 Å². The Bertz CT molecular complexity index is 295. The molecule has 6 nitrogen and oxygen atoms in total. The molecule has 0 aromatic rings. The van der Waals surface area contributed by atoms with Gasteiger partial charge in [0.1, 0.15) is 0 Å². The normalized spacial score (nSPS) is 16.1. The maximum Gasteiger partial charge on any atom is 0.356 e. The zero-order valence-corrected chi connectivity index (χ0v) is 9.27. The number of carbonyl (C=O) groups is 3.